The summed E-state index contributed by atoms with van der Waals surface area (Å²) in [6.07, 6.45) is 0. The quantitative estimate of drug-likeness (QED) is 0.454. The Labute approximate surface area is 104 Å². The largest absolute Gasteiger partial charge is 2.00 e. The van der Waals surface area contributed by atoms with Crippen molar-refractivity contribution < 1.29 is 17.1 Å². The molecule has 12 heavy (non-hydrogen) atoms. The van der Waals surface area contributed by atoms with E-state index in [4.69, 9.17) is 0 Å². The molecule has 0 atom stereocenters. The molecular formula is C8H22CuLiSi2. The van der Waals surface area contributed by atoms with Crippen molar-refractivity contribution in [2.75, 3.05) is 0 Å². The number of hydrogen-bond acceptors (Lipinski definition) is 0. The van der Waals surface area contributed by atoms with Crippen molar-refractivity contribution in [2.45, 2.75) is 39.3 Å². The van der Waals surface area contributed by atoms with Crippen molar-refractivity contribution in [1.82, 2.24) is 0 Å². The SMILES string of the molecule is [CH2-][Si](C)(C)C.[CH2-][Si](C)(C)C.[Cu+2].[Li]. The second kappa shape index (κ2) is 9.12. The molecule has 0 aliphatic carbocycles. The van der Waals surface area contributed by atoms with Gasteiger partial charge < -0.3 is 13.1 Å². The third kappa shape index (κ3) is 535. The maximum Gasteiger partial charge on any atom is 2.00 e. The Morgan fingerprint density at radius 1 is 0.667 bits per heavy atom. The van der Waals surface area contributed by atoms with E-state index in [1.54, 1.807) is 0 Å². The van der Waals surface area contributed by atoms with E-state index in [0.29, 0.717) is 0 Å². The van der Waals surface area contributed by atoms with Crippen LogP contribution in [-0.4, -0.2) is 35.0 Å². The van der Waals surface area contributed by atoms with Crippen LogP contribution in [-0.2, 0) is 17.1 Å². The summed E-state index contributed by atoms with van der Waals surface area (Å²) in [5, 5.41) is 0. The van der Waals surface area contributed by atoms with Gasteiger partial charge in [-0.05, 0) is 0 Å². The van der Waals surface area contributed by atoms with Crippen LogP contribution in [0.5, 0.6) is 0 Å². The first kappa shape index (κ1) is 23.4. The molecule has 0 fully saturated rings. The average molecular weight is 245 g/mol. The van der Waals surface area contributed by atoms with Gasteiger partial charge in [0.1, 0.15) is 0 Å². The van der Waals surface area contributed by atoms with E-state index in [2.05, 4.69) is 52.4 Å². The third-order valence-electron chi connectivity index (χ3n) is 0. The van der Waals surface area contributed by atoms with Gasteiger partial charge in [0, 0.05) is 18.9 Å². The molecule has 2 radical (unpaired) electrons. The molecule has 0 heterocycles. The van der Waals surface area contributed by atoms with Gasteiger partial charge in [-0.15, -0.1) is 16.1 Å². The molecule has 0 aromatic rings. The summed E-state index contributed by atoms with van der Waals surface area (Å²) < 4.78 is 0. The fraction of sp³-hybridized carbons (Fsp3) is 0.750. The van der Waals surface area contributed by atoms with Gasteiger partial charge in [-0.25, -0.2) is 0 Å². The summed E-state index contributed by atoms with van der Waals surface area (Å²) in [6.45, 7) is 21.1. The van der Waals surface area contributed by atoms with E-state index in [0.717, 1.165) is 0 Å². The van der Waals surface area contributed by atoms with E-state index >= 15 is 0 Å². The van der Waals surface area contributed by atoms with E-state index in [1.807, 2.05) is 0 Å². The van der Waals surface area contributed by atoms with E-state index in [9.17, 15) is 0 Å². The van der Waals surface area contributed by atoms with Gasteiger partial charge in [0.15, 0.2) is 0 Å². The first-order chi connectivity index (χ1) is 4.00. The topological polar surface area (TPSA) is 0 Å². The predicted molar refractivity (Wildman–Crippen MR) is 63.2 cm³/mol. The first-order valence-corrected chi connectivity index (χ1v) is 11.1. The van der Waals surface area contributed by atoms with Gasteiger partial charge in [0.25, 0.3) is 0 Å². The molecule has 0 N–H and O–H groups in total. The zero-order valence-corrected chi connectivity index (χ0v) is 12.7. The molecule has 0 saturated heterocycles. The van der Waals surface area contributed by atoms with Crippen molar-refractivity contribution in [3.63, 3.8) is 0 Å². The molecule has 0 nitrogen and oxygen atoms in total. The molecule has 0 amide bonds. The summed E-state index contributed by atoms with van der Waals surface area (Å²) in [5.41, 5.74) is 0. The van der Waals surface area contributed by atoms with E-state index < -0.39 is 16.1 Å². The fourth-order valence-electron chi connectivity index (χ4n) is 0. The van der Waals surface area contributed by atoms with Crippen LogP contribution in [0.25, 0.3) is 0 Å². The first-order valence-electron chi connectivity index (χ1n) is 3.71. The van der Waals surface area contributed by atoms with Crippen LogP contribution in [0.2, 0.25) is 39.3 Å². The Morgan fingerprint density at radius 2 is 0.667 bits per heavy atom. The second-order valence-electron chi connectivity index (χ2n) is 5.12. The Kier molecular flexibility index (Phi) is 17.8. The van der Waals surface area contributed by atoms with Crippen molar-refractivity contribution in [1.29, 1.82) is 0 Å². The van der Waals surface area contributed by atoms with Crippen molar-refractivity contribution in [3.8, 4) is 0 Å². The fourth-order valence-corrected chi connectivity index (χ4v) is 0. The Bertz CT molecular complexity index is 60.0. The van der Waals surface area contributed by atoms with Crippen LogP contribution in [0.4, 0.5) is 0 Å². The van der Waals surface area contributed by atoms with Crippen LogP contribution in [0.1, 0.15) is 0 Å². The van der Waals surface area contributed by atoms with Gasteiger partial charge in [-0.1, -0.05) is 39.3 Å². The van der Waals surface area contributed by atoms with Gasteiger partial charge in [0.05, 0.1) is 0 Å². The summed E-state index contributed by atoms with van der Waals surface area (Å²) in [6, 6.07) is 0. The molecule has 0 saturated carbocycles. The third-order valence-corrected chi connectivity index (χ3v) is 0. The van der Waals surface area contributed by atoms with E-state index in [-0.39, 0.29) is 35.9 Å². The van der Waals surface area contributed by atoms with Crippen molar-refractivity contribution in [2.24, 2.45) is 0 Å². The van der Waals surface area contributed by atoms with E-state index in [1.165, 1.54) is 0 Å². The normalized spacial score (nSPS) is 10.0. The molecule has 0 rings (SSSR count). The molecule has 74 valence electrons. The smallest absolute Gasteiger partial charge is 0.342 e. The number of hydrogen-bond donors (Lipinski definition) is 0. The minimum absolute atomic E-state index is 0. The summed E-state index contributed by atoms with van der Waals surface area (Å²) in [7, 11) is -1.72. The second-order valence-corrected chi connectivity index (χ2v) is 15.4. The Morgan fingerprint density at radius 3 is 0.667 bits per heavy atom. The van der Waals surface area contributed by atoms with Crippen LogP contribution < -0.4 is 0 Å². The average Bonchev–Trinajstić information content (AvgIpc) is 1.12. The molecule has 4 heteroatoms. The van der Waals surface area contributed by atoms with Gasteiger partial charge >= 0.3 is 17.1 Å². The van der Waals surface area contributed by atoms with Crippen LogP contribution in [0, 0.1) is 13.1 Å². The minimum Gasteiger partial charge on any atom is -0.342 e. The predicted octanol–water partition coefficient (Wildman–Crippen LogP) is 3.01. The summed E-state index contributed by atoms with van der Waals surface area (Å²) in [5.74, 6) is 0. The summed E-state index contributed by atoms with van der Waals surface area (Å²) in [4.78, 5) is 0. The molecule has 0 unspecified atom stereocenters. The Hall–Kier alpha value is 1.55. The molecule has 0 aliphatic heterocycles. The van der Waals surface area contributed by atoms with Crippen molar-refractivity contribution in [3.05, 3.63) is 13.1 Å². The Balaban J connectivity index is -0.0000000457. The zero-order chi connectivity index (χ0) is 9.00. The molecule has 0 spiro atoms. The standard InChI is InChI=1S/2C4H11Si.Cu.Li/c2*1-5(2,3)4;;/h2*1H2,2-4H3;;/q2*-1;+2;. The maximum absolute atomic E-state index is 3.91. The van der Waals surface area contributed by atoms with Crippen molar-refractivity contribution >= 4 is 35.0 Å². The van der Waals surface area contributed by atoms with Crippen LogP contribution >= 0.6 is 0 Å². The molecule has 0 aromatic carbocycles. The molecule has 0 bridgehead atoms. The number of rotatable bonds is 0. The molecular weight excluding hydrogens is 223 g/mol. The maximum atomic E-state index is 3.91. The minimum atomic E-state index is -0.861. The van der Waals surface area contributed by atoms with Crippen LogP contribution in [0.3, 0.4) is 0 Å². The van der Waals surface area contributed by atoms with Gasteiger partial charge in [-0.2, -0.15) is 0 Å². The zero-order valence-electron chi connectivity index (χ0n) is 9.72. The molecule has 0 aliphatic rings. The summed E-state index contributed by atoms with van der Waals surface area (Å²) >= 11 is 0. The van der Waals surface area contributed by atoms with Crippen LogP contribution in [0.15, 0.2) is 0 Å². The van der Waals surface area contributed by atoms with Gasteiger partial charge in [-0.3, -0.25) is 0 Å². The van der Waals surface area contributed by atoms with Gasteiger partial charge in [0.2, 0.25) is 0 Å². The monoisotopic (exact) mass is 244 g/mol. The molecule has 0 aromatic heterocycles.